The third kappa shape index (κ3) is 2.25. The van der Waals surface area contributed by atoms with Crippen molar-refractivity contribution < 1.29 is 4.79 Å². The normalized spacial score (nSPS) is 20.6. The maximum absolute atomic E-state index is 11.8. The number of aryl methyl sites for hydroxylation is 1. The van der Waals surface area contributed by atoms with Gasteiger partial charge in [0, 0.05) is 13.0 Å². The Hall–Kier alpha value is -0.550. The molecule has 5 heteroatoms. The summed E-state index contributed by atoms with van der Waals surface area (Å²) in [5.74, 6) is 1.29. The van der Waals surface area contributed by atoms with Crippen molar-refractivity contribution in [2.75, 3.05) is 17.2 Å². The average molecular weight is 301 g/mol. The summed E-state index contributed by atoms with van der Waals surface area (Å²) in [4.78, 5) is 17.8. The maximum atomic E-state index is 11.8. The van der Waals surface area contributed by atoms with E-state index >= 15 is 0 Å². The molecule has 1 unspecified atom stereocenters. The highest BCUT2D eigenvalue weighted by Gasteiger charge is 2.30. The van der Waals surface area contributed by atoms with Crippen molar-refractivity contribution in [3.8, 4) is 0 Å². The molecule has 1 aliphatic rings. The molecule has 1 aliphatic heterocycles. The molecule has 1 amide bonds. The van der Waals surface area contributed by atoms with Crippen LogP contribution in [-0.4, -0.2) is 23.2 Å². The highest BCUT2D eigenvalue weighted by Crippen LogP contribution is 2.28. The molecule has 0 aromatic carbocycles. The van der Waals surface area contributed by atoms with Crippen molar-refractivity contribution in [3.05, 3.63) is 22.4 Å². The number of thiol groups is 1. The number of pyridine rings is 1. The predicted molar refractivity (Wildman–Crippen MR) is 71.0 cm³/mol. The molecule has 2 rings (SSSR count). The Bertz CT molecular complexity index is 424. The Kier molecular flexibility index (Phi) is 3.54. The molecule has 16 heavy (non-hydrogen) atoms. The minimum atomic E-state index is 0.172. The van der Waals surface area contributed by atoms with Gasteiger partial charge in [-0.15, -0.1) is 0 Å². The Morgan fingerprint density at radius 1 is 1.69 bits per heavy atom. The van der Waals surface area contributed by atoms with Crippen LogP contribution < -0.4 is 4.90 Å². The van der Waals surface area contributed by atoms with E-state index < -0.39 is 0 Å². The molecular weight excluding hydrogens is 288 g/mol. The summed E-state index contributed by atoms with van der Waals surface area (Å²) in [6.07, 6.45) is 2.34. The van der Waals surface area contributed by atoms with Crippen molar-refractivity contribution in [2.24, 2.45) is 5.92 Å². The largest absolute Gasteiger partial charge is 0.310 e. The van der Waals surface area contributed by atoms with Crippen LogP contribution in [0.2, 0.25) is 0 Å². The lowest BCUT2D eigenvalue weighted by atomic mass is 10.1. The number of hydrogen-bond donors (Lipinski definition) is 1. The van der Waals surface area contributed by atoms with Crippen LogP contribution in [0.25, 0.3) is 0 Å². The molecule has 1 atom stereocenters. The van der Waals surface area contributed by atoms with Gasteiger partial charge in [0.1, 0.15) is 4.60 Å². The summed E-state index contributed by atoms with van der Waals surface area (Å²) in [6, 6.07) is 1.93. The monoisotopic (exact) mass is 300 g/mol. The number of carbonyl (C=O) groups is 1. The molecule has 0 radical (unpaired) electrons. The van der Waals surface area contributed by atoms with Crippen LogP contribution in [0.15, 0.2) is 16.9 Å². The second kappa shape index (κ2) is 4.75. The minimum absolute atomic E-state index is 0.172. The average Bonchev–Trinajstić information content (AvgIpc) is 2.60. The first-order chi connectivity index (χ1) is 7.61. The first-order valence-electron chi connectivity index (χ1n) is 5.15. The standard InChI is InChI=1S/C11H13BrN2OS/c1-7-2-10(12)13-4-9(7)14-5-8(6-16)3-11(14)15/h2,4,8,16H,3,5-6H2,1H3. The van der Waals surface area contributed by atoms with Gasteiger partial charge in [0.15, 0.2) is 0 Å². The number of hydrogen-bond acceptors (Lipinski definition) is 3. The van der Waals surface area contributed by atoms with Crippen LogP contribution in [0, 0.1) is 12.8 Å². The van der Waals surface area contributed by atoms with Crippen LogP contribution in [0.3, 0.4) is 0 Å². The molecule has 1 aromatic heterocycles. The molecule has 0 saturated carbocycles. The third-order valence-electron chi connectivity index (χ3n) is 2.80. The molecule has 1 saturated heterocycles. The van der Waals surface area contributed by atoms with Crippen molar-refractivity contribution in [1.82, 2.24) is 4.98 Å². The van der Waals surface area contributed by atoms with Gasteiger partial charge in [-0.25, -0.2) is 4.98 Å². The number of nitrogens with zero attached hydrogens (tertiary/aromatic N) is 2. The van der Waals surface area contributed by atoms with E-state index in [-0.39, 0.29) is 5.91 Å². The van der Waals surface area contributed by atoms with Crippen molar-refractivity contribution in [1.29, 1.82) is 0 Å². The van der Waals surface area contributed by atoms with E-state index in [1.54, 1.807) is 6.20 Å². The Balaban J connectivity index is 2.28. The van der Waals surface area contributed by atoms with E-state index in [2.05, 4.69) is 33.5 Å². The zero-order valence-corrected chi connectivity index (χ0v) is 11.5. The van der Waals surface area contributed by atoms with Gasteiger partial charge >= 0.3 is 0 Å². The SMILES string of the molecule is Cc1cc(Br)ncc1N1CC(CS)CC1=O. The van der Waals surface area contributed by atoms with E-state index in [0.717, 1.165) is 28.2 Å². The Morgan fingerprint density at radius 2 is 2.44 bits per heavy atom. The minimum Gasteiger partial charge on any atom is -0.310 e. The van der Waals surface area contributed by atoms with Crippen molar-refractivity contribution in [2.45, 2.75) is 13.3 Å². The number of halogens is 1. The zero-order valence-electron chi connectivity index (χ0n) is 8.98. The molecule has 0 aliphatic carbocycles. The lowest BCUT2D eigenvalue weighted by Gasteiger charge is -2.18. The zero-order chi connectivity index (χ0) is 11.7. The number of anilines is 1. The van der Waals surface area contributed by atoms with Crippen molar-refractivity contribution >= 4 is 40.2 Å². The molecule has 0 bridgehead atoms. The van der Waals surface area contributed by atoms with E-state index in [9.17, 15) is 4.79 Å². The molecule has 0 N–H and O–H groups in total. The van der Waals surface area contributed by atoms with Crippen LogP contribution in [0.4, 0.5) is 5.69 Å². The Labute approximate surface area is 109 Å². The topological polar surface area (TPSA) is 33.2 Å². The second-order valence-corrected chi connectivity index (χ2v) is 5.23. The smallest absolute Gasteiger partial charge is 0.227 e. The quantitative estimate of drug-likeness (QED) is 0.672. The number of aromatic nitrogens is 1. The third-order valence-corrected chi connectivity index (χ3v) is 3.75. The van der Waals surface area contributed by atoms with E-state index in [0.29, 0.717) is 12.3 Å². The van der Waals surface area contributed by atoms with Gasteiger partial charge in [0.25, 0.3) is 0 Å². The molecule has 0 spiro atoms. The highest BCUT2D eigenvalue weighted by molar-refractivity contribution is 9.10. The first kappa shape index (κ1) is 11.9. The number of amides is 1. The van der Waals surface area contributed by atoms with E-state index in [1.807, 2.05) is 17.9 Å². The lowest BCUT2D eigenvalue weighted by Crippen LogP contribution is -2.25. The van der Waals surface area contributed by atoms with Crippen LogP contribution in [0.5, 0.6) is 0 Å². The Morgan fingerprint density at radius 3 is 3.00 bits per heavy atom. The maximum Gasteiger partial charge on any atom is 0.227 e. The van der Waals surface area contributed by atoms with Gasteiger partial charge < -0.3 is 4.90 Å². The first-order valence-corrected chi connectivity index (χ1v) is 6.57. The predicted octanol–water partition coefficient (Wildman–Crippen LogP) is 2.44. The van der Waals surface area contributed by atoms with Crippen LogP contribution in [-0.2, 0) is 4.79 Å². The van der Waals surface area contributed by atoms with Gasteiger partial charge in [-0.2, -0.15) is 12.6 Å². The summed E-state index contributed by atoms with van der Waals surface area (Å²) < 4.78 is 0.797. The van der Waals surface area contributed by atoms with Gasteiger partial charge in [0.2, 0.25) is 5.91 Å². The molecular formula is C11H13BrN2OS. The van der Waals surface area contributed by atoms with Crippen LogP contribution >= 0.6 is 28.6 Å². The lowest BCUT2D eigenvalue weighted by molar-refractivity contribution is -0.117. The molecule has 1 fully saturated rings. The number of rotatable bonds is 2. The number of carbonyl (C=O) groups excluding carboxylic acids is 1. The van der Waals surface area contributed by atoms with Crippen molar-refractivity contribution in [3.63, 3.8) is 0 Å². The molecule has 3 nitrogen and oxygen atoms in total. The van der Waals surface area contributed by atoms with Crippen LogP contribution in [0.1, 0.15) is 12.0 Å². The summed E-state index contributed by atoms with van der Waals surface area (Å²) in [6.45, 7) is 2.75. The van der Waals surface area contributed by atoms with Gasteiger partial charge in [0.05, 0.1) is 11.9 Å². The fourth-order valence-corrected chi connectivity index (χ4v) is 2.62. The summed E-state index contributed by atoms with van der Waals surface area (Å²) in [7, 11) is 0. The van der Waals surface area contributed by atoms with E-state index in [4.69, 9.17) is 0 Å². The highest BCUT2D eigenvalue weighted by atomic mass is 79.9. The van der Waals surface area contributed by atoms with Gasteiger partial charge in [-0.1, -0.05) is 0 Å². The fraction of sp³-hybridized carbons (Fsp3) is 0.455. The summed E-state index contributed by atoms with van der Waals surface area (Å²) in [5, 5.41) is 0. The van der Waals surface area contributed by atoms with Gasteiger partial charge in [-0.3, -0.25) is 4.79 Å². The molecule has 86 valence electrons. The molecule has 2 heterocycles. The summed E-state index contributed by atoms with van der Waals surface area (Å²) in [5.41, 5.74) is 1.98. The van der Waals surface area contributed by atoms with Gasteiger partial charge in [-0.05, 0) is 46.2 Å². The summed E-state index contributed by atoms with van der Waals surface area (Å²) >= 11 is 7.57. The fourth-order valence-electron chi connectivity index (χ4n) is 1.93. The second-order valence-electron chi connectivity index (χ2n) is 4.05. The molecule has 1 aromatic rings. The van der Waals surface area contributed by atoms with E-state index in [1.165, 1.54) is 0 Å².